The maximum Gasteiger partial charge on any atom is 0.0521 e. The first kappa shape index (κ1) is 10.8. The maximum absolute atomic E-state index is 4.25. The number of alkyl halides is 1. The Hall–Kier alpha value is -0.310. The van der Waals surface area contributed by atoms with Gasteiger partial charge in [0.25, 0.3) is 0 Å². The van der Waals surface area contributed by atoms with E-state index in [2.05, 4.69) is 48.0 Å². The molecule has 2 unspecified atom stereocenters. The molecular formula is C10H17BrN2. The lowest BCUT2D eigenvalue weighted by atomic mass is 10.0. The highest BCUT2D eigenvalue weighted by atomic mass is 79.9. The molecule has 0 aliphatic heterocycles. The molecule has 0 amide bonds. The van der Waals surface area contributed by atoms with Gasteiger partial charge >= 0.3 is 0 Å². The first-order valence-electron chi connectivity index (χ1n) is 4.79. The maximum atomic E-state index is 4.25. The third kappa shape index (κ3) is 3.14. The van der Waals surface area contributed by atoms with Crippen molar-refractivity contribution in [2.45, 2.75) is 38.6 Å². The molecule has 0 N–H and O–H groups in total. The Bertz CT molecular complexity index is 255. The zero-order valence-corrected chi connectivity index (χ0v) is 10.1. The highest BCUT2D eigenvalue weighted by Gasteiger charge is 2.10. The second-order valence-corrected chi connectivity index (χ2v) is 5.01. The Labute approximate surface area is 88.5 Å². The number of halogens is 1. The third-order valence-electron chi connectivity index (χ3n) is 2.35. The summed E-state index contributed by atoms with van der Waals surface area (Å²) in [6, 6.07) is 0. The van der Waals surface area contributed by atoms with Crippen LogP contribution in [0.2, 0.25) is 0 Å². The molecule has 1 aromatic rings. The lowest BCUT2D eigenvalue weighted by molar-refractivity contribution is 0.580. The van der Waals surface area contributed by atoms with E-state index in [1.807, 2.05) is 10.9 Å². The molecule has 3 heteroatoms. The minimum absolute atomic E-state index is 0.567. The predicted molar refractivity (Wildman–Crippen MR) is 59.2 cm³/mol. The normalized spacial score (nSPS) is 15.7. The van der Waals surface area contributed by atoms with Crippen LogP contribution in [0.1, 0.15) is 26.3 Å². The lowest BCUT2D eigenvalue weighted by Crippen LogP contribution is -2.09. The van der Waals surface area contributed by atoms with Crippen molar-refractivity contribution in [1.82, 2.24) is 9.78 Å². The van der Waals surface area contributed by atoms with Crippen LogP contribution < -0.4 is 0 Å². The molecular weight excluding hydrogens is 228 g/mol. The summed E-state index contributed by atoms with van der Waals surface area (Å²) < 4.78 is 1.97. The van der Waals surface area contributed by atoms with E-state index in [9.17, 15) is 0 Å². The van der Waals surface area contributed by atoms with Gasteiger partial charge in [-0.3, -0.25) is 4.68 Å². The van der Waals surface area contributed by atoms with Gasteiger partial charge in [-0.2, -0.15) is 5.10 Å². The fraction of sp³-hybridized carbons (Fsp3) is 0.700. The van der Waals surface area contributed by atoms with Crippen molar-refractivity contribution in [3.8, 4) is 0 Å². The molecule has 13 heavy (non-hydrogen) atoms. The zero-order valence-electron chi connectivity index (χ0n) is 8.50. The molecule has 1 heterocycles. The quantitative estimate of drug-likeness (QED) is 0.746. The van der Waals surface area contributed by atoms with Crippen LogP contribution in [0.15, 0.2) is 12.4 Å². The predicted octanol–water partition coefficient (Wildman–Crippen LogP) is 2.87. The molecule has 2 nitrogen and oxygen atoms in total. The van der Waals surface area contributed by atoms with Gasteiger partial charge in [0, 0.05) is 17.6 Å². The van der Waals surface area contributed by atoms with Crippen molar-refractivity contribution in [3.63, 3.8) is 0 Å². The van der Waals surface area contributed by atoms with E-state index < -0.39 is 0 Å². The largest absolute Gasteiger partial charge is 0.273 e. The van der Waals surface area contributed by atoms with Crippen molar-refractivity contribution >= 4 is 15.9 Å². The molecule has 0 aliphatic carbocycles. The Balaban J connectivity index is 2.53. The van der Waals surface area contributed by atoms with Gasteiger partial charge in [-0.1, -0.05) is 29.8 Å². The summed E-state index contributed by atoms with van der Waals surface area (Å²) in [5, 5.41) is 4.25. The van der Waals surface area contributed by atoms with Gasteiger partial charge in [0.1, 0.15) is 0 Å². The Morgan fingerprint density at radius 3 is 2.69 bits per heavy atom. The fourth-order valence-electron chi connectivity index (χ4n) is 1.22. The molecule has 2 atom stereocenters. The minimum Gasteiger partial charge on any atom is -0.273 e. The number of aromatic nitrogens is 2. The smallest absolute Gasteiger partial charge is 0.0521 e. The molecule has 0 saturated heterocycles. The number of hydrogen-bond acceptors (Lipinski definition) is 1. The summed E-state index contributed by atoms with van der Waals surface area (Å²) in [5.74, 6) is 0.662. The van der Waals surface area contributed by atoms with Gasteiger partial charge in [0.05, 0.1) is 6.20 Å². The summed E-state index contributed by atoms with van der Waals surface area (Å²) in [6.07, 6.45) is 5.20. The van der Waals surface area contributed by atoms with Crippen LogP contribution in [0.5, 0.6) is 0 Å². The van der Waals surface area contributed by atoms with Crippen LogP contribution in [0.25, 0.3) is 0 Å². The van der Waals surface area contributed by atoms with E-state index in [0.29, 0.717) is 10.7 Å². The third-order valence-corrected chi connectivity index (χ3v) is 3.25. The summed E-state index contributed by atoms with van der Waals surface area (Å²) in [7, 11) is 0. The molecule has 0 aromatic carbocycles. The molecule has 0 fully saturated rings. The summed E-state index contributed by atoms with van der Waals surface area (Å²) in [6.45, 7) is 7.50. The molecule has 1 aromatic heterocycles. The Kier molecular flexibility index (Phi) is 3.97. The van der Waals surface area contributed by atoms with Crippen LogP contribution in [0.4, 0.5) is 0 Å². The highest BCUT2D eigenvalue weighted by molar-refractivity contribution is 9.09. The second-order valence-electron chi connectivity index (χ2n) is 3.56. The topological polar surface area (TPSA) is 17.8 Å². The van der Waals surface area contributed by atoms with E-state index in [4.69, 9.17) is 0 Å². The van der Waals surface area contributed by atoms with E-state index in [1.54, 1.807) is 0 Å². The Morgan fingerprint density at radius 2 is 2.23 bits per heavy atom. The average Bonchev–Trinajstić information content (AvgIpc) is 2.52. The summed E-state index contributed by atoms with van der Waals surface area (Å²) in [5.41, 5.74) is 1.33. The van der Waals surface area contributed by atoms with Crippen LogP contribution in [-0.4, -0.2) is 14.6 Å². The summed E-state index contributed by atoms with van der Waals surface area (Å²) in [4.78, 5) is 0.567. The molecule has 0 aliphatic rings. The molecule has 0 spiro atoms. The van der Waals surface area contributed by atoms with Crippen molar-refractivity contribution < 1.29 is 0 Å². The van der Waals surface area contributed by atoms with Crippen LogP contribution in [-0.2, 0) is 13.0 Å². The standard InChI is InChI=1S/C10H17BrN2/c1-4-13-7-10(6-12-13)5-8(2)9(3)11/h6-9H,4-5H2,1-3H3. The molecule has 0 saturated carbocycles. The van der Waals surface area contributed by atoms with Gasteiger partial charge in [-0.05, 0) is 24.8 Å². The van der Waals surface area contributed by atoms with Crippen molar-refractivity contribution in [3.05, 3.63) is 18.0 Å². The van der Waals surface area contributed by atoms with Gasteiger partial charge in [-0.15, -0.1) is 0 Å². The number of hydrogen-bond donors (Lipinski definition) is 0. The van der Waals surface area contributed by atoms with Gasteiger partial charge in [0.2, 0.25) is 0 Å². The van der Waals surface area contributed by atoms with Crippen LogP contribution >= 0.6 is 15.9 Å². The van der Waals surface area contributed by atoms with Crippen molar-refractivity contribution in [2.24, 2.45) is 5.92 Å². The Morgan fingerprint density at radius 1 is 1.54 bits per heavy atom. The number of nitrogens with zero attached hydrogens (tertiary/aromatic N) is 2. The van der Waals surface area contributed by atoms with E-state index >= 15 is 0 Å². The second kappa shape index (κ2) is 4.80. The molecule has 74 valence electrons. The molecule has 0 radical (unpaired) electrons. The first-order valence-corrected chi connectivity index (χ1v) is 5.70. The number of aryl methyl sites for hydroxylation is 1. The first-order chi connectivity index (χ1) is 6.13. The van der Waals surface area contributed by atoms with E-state index in [-0.39, 0.29) is 0 Å². The van der Waals surface area contributed by atoms with E-state index in [1.165, 1.54) is 5.56 Å². The van der Waals surface area contributed by atoms with E-state index in [0.717, 1.165) is 13.0 Å². The monoisotopic (exact) mass is 244 g/mol. The lowest BCUT2D eigenvalue weighted by Gasteiger charge is -2.11. The van der Waals surface area contributed by atoms with Crippen molar-refractivity contribution in [1.29, 1.82) is 0 Å². The molecule has 0 bridgehead atoms. The minimum atomic E-state index is 0.567. The van der Waals surface area contributed by atoms with Crippen LogP contribution in [0.3, 0.4) is 0 Å². The SMILES string of the molecule is CCn1cc(CC(C)C(C)Br)cn1. The molecule has 1 rings (SSSR count). The average molecular weight is 245 g/mol. The van der Waals surface area contributed by atoms with Crippen molar-refractivity contribution in [2.75, 3.05) is 0 Å². The highest BCUT2D eigenvalue weighted by Crippen LogP contribution is 2.16. The van der Waals surface area contributed by atoms with Gasteiger partial charge in [0.15, 0.2) is 0 Å². The van der Waals surface area contributed by atoms with Gasteiger partial charge < -0.3 is 0 Å². The van der Waals surface area contributed by atoms with Gasteiger partial charge in [-0.25, -0.2) is 0 Å². The zero-order chi connectivity index (χ0) is 9.84. The number of rotatable bonds is 4. The summed E-state index contributed by atoms with van der Waals surface area (Å²) >= 11 is 3.59. The van der Waals surface area contributed by atoms with Crippen LogP contribution in [0, 0.1) is 5.92 Å². The fourth-order valence-corrected chi connectivity index (χ4v) is 1.41.